The van der Waals surface area contributed by atoms with Crippen LogP contribution in [0.1, 0.15) is 17.2 Å². The number of rotatable bonds is 3. The monoisotopic (exact) mass is 182 g/mol. The fourth-order valence-electron chi connectivity index (χ4n) is 1.18. The minimum absolute atomic E-state index is 0.435. The Bertz CT molecular complexity index is 273. The average Bonchev–Trinajstić information content (AvgIpc) is 2.15. The molecule has 0 aromatic heterocycles. The second-order valence-corrected chi connectivity index (χ2v) is 3.11. The van der Waals surface area contributed by atoms with E-state index in [-0.39, 0.29) is 0 Å². The zero-order valence-corrected chi connectivity index (χ0v) is 7.51. The van der Waals surface area contributed by atoms with E-state index >= 15 is 0 Å². The van der Waals surface area contributed by atoms with Crippen LogP contribution in [0.25, 0.3) is 0 Å². The number of aliphatic hydroxyl groups is 3. The van der Waals surface area contributed by atoms with Crippen molar-refractivity contribution in [3.05, 3.63) is 35.4 Å². The zero-order valence-electron chi connectivity index (χ0n) is 7.51. The van der Waals surface area contributed by atoms with Gasteiger partial charge < -0.3 is 15.3 Å². The molecule has 0 fully saturated rings. The molecule has 0 aliphatic rings. The summed E-state index contributed by atoms with van der Waals surface area (Å²) in [5.41, 5.74) is 1.64. The minimum atomic E-state index is -1.11. The summed E-state index contributed by atoms with van der Waals surface area (Å²) in [4.78, 5) is 0. The van der Waals surface area contributed by atoms with Gasteiger partial charge in [0.05, 0.1) is 6.61 Å². The highest BCUT2D eigenvalue weighted by Crippen LogP contribution is 2.17. The highest BCUT2D eigenvalue weighted by Gasteiger charge is 2.16. The Hall–Kier alpha value is -0.900. The summed E-state index contributed by atoms with van der Waals surface area (Å²) in [6.45, 7) is 1.47. The molecule has 1 aromatic rings. The third-order valence-electron chi connectivity index (χ3n) is 1.94. The largest absolute Gasteiger partial charge is 0.394 e. The van der Waals surface area contributed by atoms with Crippen molar-refractivity contribution in [1.82, 2.24) is 0 Å². The second-order valence-electron chi connectivity index (χ2n) is 3.11. The van der Waals surface area contributed by atoms with E-state index in [2.05, 4.69) is 0 Å². The van der Waals surface area contributed by atoms with Crippen molar-refractivity contribution in [2.45, 2.75) is 19.1 Å². The van der Waals surface area contributed by atoms with Gasteiger partial charge in [-0.1, -0.05) is 29.8 Å². The van der Waals surface area contributed by atoms with Gasteiger partial charge in [0.25, 0.3) is 0 Å². The lowest BCUT2D eigenvalue weighted by molar-refractivity contribution is -0.0152. The Morgan fingerprint density at radius 2 is 2.00 bits per heavy atom. The maximum Gasteiger partial charge on any atom is 0.107 e. The van der Waals surface area contributed by atoms with Crippen LogP contribution in [-0.4, -0.2) is 28.0 Å². The predicted octanol–water partition coefficient (Wildman–Crippen LogP) is 0.382. The molecule has 0 aliphatic carbocycles. The van der Waals surface area contributed by atoms with E-state index in [1.54, 1.807) is 18.2 Å². The van der Waals surface area contributed by atoms with Crippen molar-refractivity contribution in [3.8, 4) is 0 Å². The van der Waals surface area contributed by atoms with Gasteiger partial charge in [-0.25, -0.2) is 0 Å². The van der Waals surface area contributed by atoms with Crippen molar-refractivity contribution >= 4 is 0 Å². The Balaban J connectivity index is 2.82. The van der Waals surface area contributed by atoms with Gasteiger partial charge in [-0.3, -0.25) is 0 Å². The number of aryl methyl sites for hydroxylation is 1. The van der Waals surface area contributed by atoms with Gasteiger partial charge in [-0.2, -0.15) is 0 Å². The van der Waals surface area contributed by atoms with Gasteiger partial charge in [0.15, 0.2) is 0 Å². The number of hydrogen-bond donors (Lipinski definition) is 3. The summed E-state index contributed by atoms with van der Waals surface area (Å²) in [6.07, 6.45) is -2.12. The van der Waals surface area contributed by atoms with Gasteiger partial charge in [0.2, 0.25) is 0 Å². The van der Waals surface area contributed by atoms with Gasteiger partial charge in [-0.05, 0) is 12.5 Å². The quantitative estimate of drug-likeness (QED) is 0.633. The van der Waals surface area contributed by atoms with Crippen LogP contribution < -0.4 is 0 Å². The Labute approximate surface area is 77.3 Å². The molecule has 3 nitrogen and oxygen atoms in total. The van der Waals surface area contributed by atoms with E-state index in [9.17, 15) is 10.2 Å². The maximum absolute atomic E-state index is 9.50. The van der Waals surface area contributed by atoms with Crippen molar-refractivity contribution in [1.29, 1.82) is 0 Å². The summed E-state index contributed by atoms with van der Waals surface area (Å²) in [5, 5.41) is 27.3. The SMILES string of the molecule is Cc1cccc(C(O)C(O)CO)c1. The molecule has 0 amide bonds. The molecule has 0 saturated heterocycles. The molecule has 1 aromatic carbocycles. The summed E-state index contributed by atoms with van der Waals surface area (Å²) < 4.78 is 0. The zero-order chi connectivity index (χ0) is 9.84. The van der Waals surface area contributed by atoms with Crippen molar-refractivity contribution in [2.75, 3.05) is 6.61 Å². The van der Waals surface area contributed by atoms with Crippen LogP contribution in [0.2, 0.25) is 0 Å². The fraction of sp³-hybridized carbons (Fsp3) is 0.400. The van der Waals surface area contributed by atoms with Crippen molar-refractivity contribution in [2.24, 2.45) is 0 Å². The third-order valence-corrected chi connectivity index (χ3v) is 1.94. The molecule has 0 spiro atoms. The summed E-state index contributed by atoms with van der Waals surface area (Å²) >= 11 is 0. The molecule has 0 heterocycles. The van der Waals surface area contributed by atoms with E-state index in [1.807, 2.05) is 13.0 Å². The van der Waals surface area contributed by atoms with E-state index in [1.165, 1.54) is 0 Å². The molecule has 72 valence electrons. The van der Waals surface area contributed by atoms with Crippen LogP contribution >= 0.6 is 0 Å². The lowest BCUT2D eigenvalue weighted by atomic mass is 10.0. The molecule has 2 atom stereocenters. The minimum Gasteiger partial charge on any atom is -0.394 e. The van der Waals surface area contributed by atoms with Crippen LogP contribution in [0, 0.1) is 6.92 Å². The lowest BCUT2D eigenvalue weighted by Crippen LogP contribution is -2.21. The molecular formula is C10H14O3. The molecule has 3 N–H and O–H groups in total. The van der Waals surface area contributed by atoms with E-state index < -0.39 is 18.8 Å². The molecule has 13 heavy (non-hydrogen) atoms. The normalized spacial score (nSPS) is 15.4. The smallest absolute Gasteiger partial charge is 0.107 e. The van der Waals surface area contributed by atoms with Gasteiger partial charge in [0, 0.05) is 0 Å². The molecule has 3 heteroatoms. The number of aliphatic hydroxyl groups excluding tert-OH is 3. The average molecular weight is 182 g/mol. The van der Waals surface area contributed by atoms with E-state index in [0.29, 0.717) is 5.56 Å². The van der Waals surface area contributed by atoms with Crippen molar-refractivity contribution in [3.63, 3.8) is 0 Å². The highest BCUT2D eigenvalue weighted by molar-refractivity contribution is 5.24. The van der Waals surface area contributed by atoms with Gasteiger partial charge in [0.1, 0.15) is 12.2 Å². The first-order valence-electron chi connectivity index (χ1n) is 4.18. The van der Waals surface area contributed by atoms with Crippen LogP contribution in [0.3, 0.4) is 0 Å². The summed E-state index contributed by atoms with van der Waals surface area (Å²) in [6, 6.07) is 7.21. The summed E-state index contributed by atoms with van der Waals surface area (Å²) in [7, 11) is 0. The molecule has 2 unspecified atom stereocenters. The Kier molecular flexibility index (Phi) is 3.42. The molecule has 0 saturated carbocycles. The first-order chi connectivity index (χ1) is 6.15. The lowest BCUT2D eigenvalue weighted by Gasteiger charge is -2.15. The van der Waals surface area contributed by atoms with E-state index in [4.69, 9.17) is 5.11 Å². The van der Waals surface area contributed by atoms with Crippen LogP contribution in [-0.2, 0) is 0 Å². The standard InChI is InChI=1S/C10H14O3/c1-7-3-2-4-8(5-7)10(13)9(12)6-11/h2-5,9-13H,6H2,1H3. The van der Waals surface area contributed by atoms with Crippen molar-refractivity contribution < 1.29 is 15.3 Å². The first-order valence-corrected chi connectivity index (χ1v) is 4.18. The van der Waals surface area contributed by atoms with Crippen LogP contribution in [0.4, 0.5) is 0 Å². The molecular weight excluding hydrogens is 168 g/mol. The predicted molar refractivity (Wildman–Crippen MR) is 49.2 cm³/mol. The topological polar surface area (TPSA) is 60.7 Å². The van der Waals surface area contributed by atoms with Crippen LogP contribution in [0.5, 0.6) is 0 Å². The first kappa shape index (κ1) is 10.2. The Morgan fingerprint density at radius 1 is 1.31 bits per heavy atom. The molecule has 0 aliphatic heterocycles. The second kappa shape index (κ2) is 4.37. The molecule has 1 rings (SSSR count). The highest BCUT2D eigenvalue weighted by atomic mass is 16.4. The summed E-state index contributed by atoms with van der Waals surface area (Å²) in [5.74, 6) is 0. The van der Waals surface area contributed by atoms with Gasteiger partial charge in [-0.15, -0.1) is 0 Å². The maximum atomic E-state index is 9.50. The molecule has 0 bridgehead atoms. The van der Waals surface area contributed by atoms with Crippen LogP contribution in [0.15, 0.2) is 24.3 Å². The van der Waals surface area contributed by atoms with E-state index in [0.717, 1.165) is 5.56 Å². The molecule has 0 radical (unpaired) electrons. The number of benzene rings is 1. The fourth-order valence-corrected chi connectivity index (χ4v) is 1.18. The Morgan fingerprint density at radius 3 is 2.54 bits per heavy atom. The third kappa shape index (κ3) is 2.52. The number of hydrogen-bond acceptors (Lipinski definition) is 3. The van der Waals surface area contributed by atoms with Gasteiger partial charge >= 0.3 is 0 Å².